The molecule has 0 saturated carbocycles. The molecule has 3 aromatic rings. The molecule has 2 aromatic carbocycles. The average molecular weight is 370 g/mol. The van der Waals surface area contributed by atoms with Crippen molar-refractivity contribution in [2.75, 3.05) is 13.4 Å². The fourth-order valence-corrected chi connectivity index (χ4v) is 3.51. The van der Waals surface area contributed by atoms with Crippen LogP contribution in [0.4, 0.5) is 5.69 Å². The van der Waals surface area contributed by atoms with Crippen LogP contribution in [0.2, 0.25) is 0 Å². The minimum atomic E-state index is -0.390. The minimum Gasteiger partial charge on any atom is -0.496 e. The third-order valence-electron chi connectivity index (χ3n) is 4.00. The average Bonchev–Trinajstić information content (AvgIpc) is 2.65. The fraction of sp³-hybridized carbons (Fsp3) is 0.211. The summed E-state index contributed by atoms with van der Waals surface area (Å²) in [6.45, 7) is 2.12. The maximum absolute atomic E-state index is 11.3. The zero-order chi connectivity index (χ0) is 18.7. The zero-order valence-electron chi connectivity index (χ0n) is 14.7. The Labute approximate surface area is 155 Å². The number of thioether (sulfide) groups is 1. The number of ether oxygens (including phenoxy) is 2. The van der Waals surface area contributed by atoms with Crippen molar-refractivity contribution in [2.24, 2.45) is 0 Å². The number of fused-ring (bicyclic) bond motifs is 1. The Hall–Kier alpha value is -2.80. The molecule has 0 aliphatic rings. The molecule has 1 heterocycles. The second-order valence-electron chi connectivity index (χ2n) is 5.65. The molecule has 0 spiro atoms. The first kappa shape index (κ1) is 18.0. The Morgan fingerprint density at radius 2 is 2.00 bits per heavy atom. The molecule has 0 aliphatic carbocycles. The maximum atomic E-state index is 11.3. The second kappa shape index (κ2) is 7.61. The lowest BCUT2D eigenvalue weighted by Crippen LogP contribution is -2.03. The largest absolute Gasteiger partial charge is 0.496 e. The van der Waals surface area contributed by atoms with Crippen LogP contribution in [-0.4, -0.2) is 23.3 Å². The lowest BCUT2D eigenvalue weighted by Gasteiger charge is -2.14. The number of methoxy groups -OCH3 is 1. The summed E-state index contributed by atoms with van der Waals surface area (Å²) in [7, 11) is 1.54. The van der Waals surface area contributed by atoms with E-state index in [-0.39, 0.29) is 12.3 Å². The van der Waals surface area contributed by atoms with Gasteiger partial charge in [0.25, 0.3) is 5.69 Å². The summed E-state index contributed by atoms with van der Waals surface area (Å²) in [5, 5.41) is 12.3. The smallest absolute Gasteiger partial charge is 0.283 e. The second-order valence-corrected chi connectivity index (χ2v) is 6.47. The number of aromatic nitrogens is 1. The molecule has 0 aliphatic heterocycles. The molecule has 6 nitrogen and oxygen atoms in total. The summed E-state index contributed by atoms with van der Waals surface area (Å²) in [6, 6.07) is 12.6. The maximum Gasteiger partial charge on any atom is 0.283 e. The van der Waals surface area contributed by atoms with Gasteiger partial charge in [-0.3, -0.25) is 15.1 Å². The Morgan fingerprint density at radius 1 is 1.19 bits per heavy atom. The van der Waals surface area contributed by atoms with Gasteiger partial charge < -0.3 is 9.47 Å². The molecule has 0 saturated heterocycles. The van der Waals surface area contributed by atoms with Crippen molar-refractivity contribution in [1.29, 1.82) is 0 Å². The van der Waals surface area contributed by atoms with Crippen molar-refractivity contribution >= 4 is 28.4 Å². The van der Waals surface area contributed by atoms with Crippen LogP contribution < -0.4 is 9.47 Å². The number of benzene rings is 2. The van der Waals surface area contributed by atoms with Gasteiger partial charge in [0.15, 0.2) is 0 Å². The van der Waals surface area contributed by atoms with E-state index in [0.29, 0.717) is 22.0 Å². The van der Waals surface area contributed by atoms with Gasteiger partial charge in [0.1, 0.15) is 18.1 Å². The SMILES string of the molecule is COc1ccc([N+](=O)[O-])c(SC)c1COc1ccc2nc(C)ccc2c1. The van der Waals surface area contributed by atoms with E-state index in [9.17, 15) is 10.1 Å². The van der Waals surface area contributed by atoms with E-state index in [1.165, 1.54) is 17.8 Å². The monoisotopic (exact) mass is 370 g/mol. The molecule has 0 fully saturated rings. The third-order valence-corrected chi connectivity index (χ3v) is 4.86. The molecule has 134 valence electrons. The van der Waals surface area contributed by atoms with Crippen molar-refractivity contribution in [3.8, 4) is 11.5 Å². The first-order valence-corrected chi connectivity index (χ1v) is 9.14. The van der Waals surface area contributed by atoms with Crippen LogP contribution in [0.3, 0.4) is 0 Å². The predicted octanol–water partition coefficient (Wildman–Crippen LogP) is 4.76. The molecule has 0 bridgehead atoms. The number of aryl methyl sites for hydroxylation is 1. The Morgan fingerprint density at radius 3 is 2.69 bits per heavy atom. The molecule has 0 radical (unpaired) electrons. The van der Waals surface area contributed by atoms with Gasteiger partial charge in [0.05, 0.1) is 28.0 Å². The highest BCUT2D eigenvalue weighted by molar-refractivity contribution is 7.98. The van der Waals surface area contributed by atoms with E-state index >= 15 is 0 Å². The van der Waals surface area contributed by atoms with Crippen LogP contribution in [0.25, 0.3) is 10.9 Å². The molecule has 1 aromatic heterocycles. The summed E-state index contributed by atoms with van der Waals surface area (Å²) in [5.74, 6) is 1.24. The van der Waals surface area contributed by atoms with Crippen LogP contribution in [0.15, 0.2) is 47.4 Å². The van der Waals surface area contributed by atoms with Crippen molar-refractivity contribution in [3.63, 3.8) is 0 Å². The minimum absolute atomic E-state index is 0.0510. The summed E-state index contributed by atoms with van der Waals surface area (Å²) in [4.78, 5) is 15.9. The summed E-state index contributed by atoms with van der Waals surface area (Å²) in [5.41, 5.74) is 2.57. The molecule has 26 heavy (non-hydrogen) atoms. The number of hydrogen-bond donors (Lipinski definition) is 0. The van der Waals surface area contributed by atoms with E-state index in [0.717, 1.165) is 16.6 Å². The standard InChI is InChI=1S/C19H18N2O4S/c1-12-4-5-13-10-14(6-7-16(13)20-12)25-11-15-18(24-2)9-8-17(21(22)23)19(15)26-3/h4-10H,11H2,1-3H3. The van der Waals surface area contributed by atoms with Gasteiger partial charge in [0.2, 0.25) is 0 Å². The molecule has 0 atom stereocenters. The van der Waals surface area contributed by atoms with Crippen molar-refractivity contribution in [3.05, 3.63) is 63.8 Å². The van der Waals surface area contributed by atoms with Crippen LogP contribution in [0.5, 0.6) is 11.5 Å². The van der Waals surface area contributed by atoms with E-state index in [4.69, 9.17) is 9.47 Å². The Kier molecular flexibility index (Phi) is 5.27. The first-order chi connectivity index (χ1) is 12.5. The zero-order valence-corrected chi connectivity index (χ0v) is 15.5. The van der Waals surface area contributed by atoms with Crippen molar-refractivity contribution < 1.29 is 14.4 Å². The lowest BCUT2D eigenvalue weighted by molar-refractivity contribution is -0.387. The van der Waals surface area contributed by atoms with Gasteiger partial charge in [-0.15, -0.1) is 11.8 Å². The first-order valence-electron chi connectivity index (χ1n) is 7.92. The van der Waals surface area contributed by atoms with Gasteiger partial charge in [-0.1, -0.05) is 6.07 Å². The highest BCUT2D eigenvalue weighted by Gasteiger charge is 2.21. The summed E-state index contributed by atoms with van der Waals surface area (Å²) < 4.78 is 11.3. The Bertz CT molecular complexity index is 975. The molecule has 0 amide bonds. The number of nitro benzene ring substituents is 1. The van der Waals surface area contributed by atoms with Gasteiger partial charge in [0, 0.05) is 17.1 Å². The van der Waals surface area contributed by atoms with Gasteiger partial charge in [-0.05, 0) is 43.5 Å². The topological polar surface area (TPSA) is 74.5 Å². The van der Waals surface area contributed by atoms with E-state index in [2.05, 4.69) is 4.98 Å². The van der Waals surface area contributed by atoms with Gasteiger partial charge in [-0.25, -0.2) is 0 Å². The molecule has 7 heteroatoms. The molecular weight excluding hydrogens is 352 g/mol. The van der Waals surface area contributed by atoms with Gasteiger partial charge >= 0.3 is 0 Å². The molecule has 0 unspecified atom stereocenters. The number of nitrogens with zero attached hydrogens (tertiary/aromatic N) is 2. The Balaban J connectivity index is 1.92. The van der Waals surface area contributed by atoms with Crippen molar-refractivity contribution in [2.45, 2.75) is 18.4 Å². The quantitative estimate of drug-likeness (QED) is 0.354. The van der Waals surface area contributed by atoms with E-state index in [1.54, 1.807) is 19.4 Å². The number of nitro groups is 1. The number of pyridine rings is 1. The third kappa shape index (κ3) is 3.57. The fourth-order valence-electron chi connectivity index (χ4n) is 2.75. The highest BCUT2D eigenvalue weighted by Crippen LogP contribution is 2.37. The van der Waals surface area contributed by atoms with Crippen molar-refractivity contribution in [1.82, 2.24) is 4.98 Å². The predicted molar refractivity (Wildman–Crippen MR) is 102 cm³/mol. The van der Waals surface area contributed by atoms with E-state index in [1.807, 2.05) is 37.3 Å². The van der Waals surface area contributed by atoms with Crippen LogP contribution >= 0.6 is 11.8 Å². The van der Waals surface area contributed by atoms with E-state index < -0.39 is 4.92 Å². The molecule has 3 rings (SSSR count). The van der Waals surface area contributed by atoms with Gasteiger partial charge in [-0.2, -0.15) is 0 Å². The number of rotatable bonds is 6. The summed E-state index contributed by atoms with van der Waals surface area (Å²) in [6.07, 6.45) is 1.80. The van der Waals surface area contributed by atoms with Crippen LogP contribution in [0.1, 0.15) is 11.3 Å². The van der Waals surface area contributed by atoms with Crippen LogP contribution in [0, 0.1) is 17.0 Å². The van der Waals surface area contributed by atoms with Crippen LogP contribution in [-0.2, 0) is 6.61 Å². The normalized spacial score (nSPS) is 10.7. The molecular formula is C19H18N2O4S. The molecule has 0 N–H and O–H groups in total. The summed E-state index contributed by atoms with van der Waals surface area (Å²) >= 11 is 1.31. The number of hydrogen-bond acceptors (Lipinski definition) is 6. The highest BCUT2D eigenvalue weighted by atomic mass is 32.2. The lowest BCUT2D eigenvalue weighted by atomic mass is 10.1.